The number of carbonyl (C=O) groups is 2. The number of amides is 1. The lowest BCUT2D eigenvalue weighted by Gasteiger charge is -2.11. The molecule has 1 aliphatic rings. The Morgan fingerprint density at radius 1 is 1.27 bits per heavy atom. The summed E-state index contributed by atoms with van der Waals surface area (Å²) < 4.78 is 15.4. The first-order valence-electron chi connectivity index (χ1n) is 7.06. The van der Waals surface area contributed by atoms with Gasteiger partial charge in [-0.25, -0.2) is 4.79 Å². The summed E-state index contributed by atoms with van der Waals surface area (Å²) in [6.45, 7) is 0.589. The van der Waals surface area contributed by atoms with Crippen molar-refractivity contribution in [2.45, 2.75) is 18.9 Å². The zero-order chi connectivity index (χ0) is 15.8. The number of rotatable bonds is 7. The van der Waals surface area contributed by atoms with E-state index in [-0.39, 0.29) is 25.2 Å². The van der Waals surface area contributed by atoms with Gasteiger partial charge in [0.2, 0.25) is 0 Å². The van der Waals surface area contributed by atoms with Crippen molar-refractivity contribution in [3.63, 3.8) is 0 Å². The molecule has 1 N–H and O–H groups in total. The van der Waals surface area contributed by atoms with Crippen LogP contribution in [0.1, 0.15) is 12.8 Å². The van der Waals surface area contributed by atoms with E-state index in [9.17, 15) is 9.59 Å². The third-order valence-electron chi connectivity index (χ3n) is 3.09. The molecule has 0 saturated carbocycles. The number of hydrogen-bond acceptors (Lipinski definition) is 5. The molecule has 1 amide bonds. The van der Waals surface area contributed by atoms with Gasteiger partial charge in [-0.3, -0.25) is 4.79 Å². The maximum Gasteiger partial charge on any atom is 0.344 e. The predicted octanol–water partition coefficient (Wildman–Crippen LogP) is 1.56. The lowest BCUT2D eigenvalue weighted by molar-refractivity contribution is -0.150. The molecule has 1 aromatic rings. The van der Waals surface area contributed by atoms with E-state index in [0.29, 0.717) is 17.3 Å². The number of hydrogen-bond donors (Lipinski definition) is 1. The van der Waals surface area contributed by atoms with Crippen LogP contribution in [0, 0.1) is 0 Å². The number of benzene rings is 1. The average Bonchev–Trinajstić information content (AvgIpc) is 3.04. The van der Waals surface area contributed by atoms with E-state index in [1.54, 1.807) is 24.3 Å². The van der Waals surface area contributed by atoms with E-state index in [1.807, 2.05) is 0 Å². The minimum Gasteiger partial charge on any atom is -0.482 e. The Kier molecular flexibility index (Phi) is 6.48. The van der Waals surface area contributed by atoms with Gasteiger partial charge in [0.05, 0.1) is 6.10 Å². The largest absolute Gasteiger partial charge is 0.482 e. The second kappa shape index (κ2) is 8.60. The van der Waals surface area contributed by atoms with Crippen LogP contribution >= 0.6 is 11.6 Å². The quantitative estimate of drug-likeness (QED) is 0.769. The Bertz CT molecular complexity index is 499. The van der Waals surface area contributed by atoms with Gasteiger partial charge >= 0.3 is 5.97 Å². The molecule has 7 heteroatoms. The molecule has 1 heterocycles. The van der Waals surface area contributed by atoms with Crippen LogP contribution in [0.2, 0.25) is 5.02 Å². The van der Waals surface area contributed by atoms with Crippen LogP contribution in [0.25, 0.3) is 0 Å². The van der Waals surface area contributed by atoms with Gasteiger partial charge in [-0.2, -0.15) is 0 Å². The maximum atomic E-state index is 11.5. The fourth-order valence-corrected chi connectivity index (χ4v) is 2.07. The lowest BCUT2D eigenvalue weighted by atomic mass is 10.2. The summed E-state index contributed by atoms with van der Waals surface area (Å²) in [7, 11) is 0. The molecule has 0 bridgehead atoms. The first-order valence-corrected chi connectivity index (χ1v) is 7.43. The summed E-state index contributed by atoms with van der Waals surface area (Å²) in [5.74, 6) is -0.457. The first-order chi connectivity index (χ1) is 10.6. The van der Waals surface area contributed by atoms with Crippen molar-refractivity contribution >= 4 is 23.5 Å². The third kappa shape index (κ3) is 5.91. The molecule has 120 valence electrons. The molecule has 1 aliphatic heterocycles. The van der Waals surface area contributed by atoms with Crippen molar-refractivity contribution in [2.75, 3.05) is 26.4 Å². The molecule has 22 heavy (non-hydrogen) atoms. The molecule has 1 fully saturated rings. The van der Waals surface area contributed by atoms with Gasteiger partial charge in [0, 0.05) is 18.2 Å². The summed E-state index contributed by atoms with van der Waals surface area (Å²) in [5.41, 5.74) is 0. The molecule has 1 unspecified atom stereocenters. The fraction of sp³-hybridized carbons (Fsp3) is 0.467. The molecule has 0 spiro atoms. The van der Waals surface area contributed by atoms with Crippen molar-refractivity contribution in [3.8, 4) is 5.75 Å². The molecule has 0 aromatic heterocycles. The van der Waals surface area contributed by atoms with Gasteiger partial charge in [-0.15, -0.1) is 0 Å². The van der Waals surface area contributed by atoms with Crippen LogP contribution in [0.3, 0.4) is 0 Å². The van der Waals surface area contributed by atoms with E-state index >= 15 is 0 Å². The molecule has 1 aromatic carbocycles. The van der Waals surface area contributed by atoms with Crippen LogP contribution in [0.15, 0.2) is 24.3 Å². The van der Waals surface area contributed by atoms with Crippen LogP contribution in [-0.4, -0.2) is 44.3 Å². The smallest absolute Gasteiger partial charge is 0.344 e. The van der Waals surface area contributed by atoms with Crippen molar-refractivity contribution < 1.29 is 23.8 Å². The van der Waals surface area contributed by atoms with E-state index in [2.05, 4.69) is 5.32 Å². The van der Waals surface area contributed by atoms with Gasteiger partial charge in [-0.1, -0.05) is 11.6 Å². The number of carbonyl (C=O) groups excluding carboxylic acids is 2. The van der Waals surface area contributed by atoms with Crippen LogP contribution < -0.4 is 10.1 Å². The summed E-state index contributed by atoms with van der Waals surface area (Å²) >= 11 is 5.74. The number of esters is 1. The monoisotopic (exact) mass is 327 g/mol. The molecule has 0 radical (unpaired) electrons. The molecule has 1 atom stereocenters. The second-order valence-corrected chi connectivity index (χ2v) is 5.28. The average molecular weight is 328 g/mol. The molecular weight excluding hydrogens is 310 g/mol. The summed E-state index contributed by atoms with van der Waals surface area (Å²) in [5, 5.41) is 3.24. The second-order valence-electron chi connectivity index (χ2n) is 4.84. The van der Waals surface area contributed by atoms with Crippen molar-refractivity contribution in [3.05, 3.63) is 29.3 Å². The number of ether oxygens (including phenoxy) is 3. The Morgan fingerprint density at radius 3 is 2.73 bits per heavy atom. The first kappa shape index (κ1) is 16.6. The van der Waals surface area contributed by atoms with Crippen LogP contribution in [-0.2, 0) is 19.1 Å². The van der Waals surface area contributed by atoms with Gasteiger partial charge in [0.25, 0.3) is 5.91 Å². The third-order valence-corrected chi connectivity index (χ3v) is 3.34. The maximum absolute atomic E-state index is 11.5. The predicted molar refractivity (Wildman–Crippen MR) is 79.9 cm³/mol. The Morgan fingerprint density at radius 2 is 2.05 bits per heavy atom. The Hall–Kier alpha value is -1.79. The minimum atomic E-state index is -0.609. The topological polar surface area (TPSA) is 73.9 Å². The normalized spacial score (nSPS) is 17.0. The van der Waals surface area contributed by atoms with E-state index < -0.39 is 5.97 Å². The summed E-state index contributed by atoms with van der Waals surface area (Å²) in [6, 6.07) is 6.59. The molecular formula is C15H18ClNO5. The number of nitrogens with one attached hydrogen (secondary N) is 1. The van der Waals surface area contributed by atoms with Crippen molar-refractivity contribution in [1.29, 1.82) is 0 Å². The lowest BCUT2D eigenvalue weighted by Crippen LogP contribution is -2.35. The highest BCUT2D eigenvalue weighted by atomic mass is 35.5. The van der Waals surface area contributed by atoms with E-state index in [1.165, 1.54) is 0 Å². The zero-order valence-corrected chi connectivity index (χ0v) is 12.8. The number of halogens is 1. The zero-order valence-electron chi connectivity index (χ0n) is 12.0. The van der Waals surface area contributed by atoms with Gasteiger partial charge in [0.15, 0.2) is 13.2 Å². The van der Waals surface area contributed by atoms with Crippen LogP contribution in [0.5, 0.6) is 5.75 Å². The highest BCUT2D eigenvalue weighted by Crippen LogP contribution is 2.15. The van der Waals surface area contributed by atoms with Crippen LogP contribution in [0.4, 0.5) is 0 Å². The molecule has 0 aliphatic carbocycles. The Labute approximate surface area is 133 Å². The highest BCUT2D eigenvalue weighted by molar-refractivity contribution is 6.30. The Balaban J connectivity index is 1.58. The van der Waals surface area contributed by atoms with Crippen molar-refractivity contribution in [1.82, 2.24) is 5.32 Å². The molecule has 6 nitrogen and oxygen atoms in total. The van der Waals surface area contributed by atoms with Gasteiger partial charge in [0.1, 0.15) is 5.75 Å². The van der Waals surface area contributed by atoms with Crippen molar-refractivity contribution in [2.24, 2.45) is 0 Å². The summed E-state index contributed by atoms with van der Waals surface area (Å²) in [6.07, 6.45) is 2.01. The van der Waals surface area contributed by atoms with Gasteiger partial charge in [-0.05, 0) is 37.1 Å². The molecule has 2 rings (SSSR count). The molecule has 1 saturated heterocycles. The fourth-order valence-electron chi connectivity index (χ4n) is 1.94. The highest BCUT2D eigenvalue weighted by Gasteiger charge is 2.16. The standard InChI is InChI=1S/C15H18ClNO5/c16-11-3-5-12(6-4-11)21-10-15(19)22-9-14(18)17-8-13-2-1-7-20-13/h3-6,13H,1-2,7-10H2,(H,17,18). The van der Waals surface area contributed by atoms with E-state index in [4.69, 9.17) is 25.8 Å². The SMILES string of the molecule is O=C(COC(=O)COc1ccc(Cl)cc1)NCC1CCCO1. The van der Waals surface area contributed by atoms with Gasteiger partial charge < -0.3 is 19.5 Å². The summed E-state index contributed by atoms with van der Waals surface area (Å²) in [4.78, 5) is 23.0. The minimum absolute atomic E-state index is 0.0629. The van der Waals surface area contributed by atoms with E-state index in [0.717, 1.165) is 19.4 Å².